The van der Waals surface area contributed by atoms with Crippen molar-refractivity contribution in [2.45, 2.75) is 76.0 Å². The Bertz CT molecular complexity index is 1290. The number of amides is 2. The summed E-state index contributed by atoms with van der Waals surface area (Å²) in [6.45, 7) is 2.08. The molecule has 2 amide bonds. The van der Waals surface area contributed by atoms with E-state index >= 15 is 0 Å². The summed E-state index contributed by atoms with van der Waals surface area (Å²) in [7, 11) is 1.46. The van der Waals surface area contributed by atoms with Crippen molar-refractivity contribution >= 4 is 40.2 Å². The quantitative estimate of drug-likeness (QED) is 0.234. The van der Waals surface area contributed by atoms with Crippen molar-refractivity contribution in [3.05, 3.63) is 29.3 Å². The normalized spacial score (nSPS) is 24.5. The molecule has 14 heteroatoms. The van der Waals surface area contributed by atoms with Crippen LogP contribution in [0, 0.1) is 24.6 Å². The first-order chi connectivity index (χ1) is 19.0. The van der Waals surface area contributed by atoms with Crippen LogP contribution < -0.4 is 10.1 Å². The molecule has 0 aromatic carbocycles. The number of hydrogen-bond donors (Lipinski definition) is 1. The second-order valence-electron chi connectivity index (χ2n) is 11.0. The average molecular weight is 695 g/mol. The molecule has 1 spiro atoms. The number of aromatic nitrogens is 3. The van der Waals surface area contributed by atoms with Crippen LogP contribution in [0.3, 0.4) is 0 Å². The molecule has 0 bridgehead atoms. The number of pyridine rings is 1. The molecule has 3 heterocycles. The Morgan fingerprint density at radius 3 is 2.50 bits per heavy atom. The van der Waals surface area contributed by atoms with Gasteiger partial charge in [-0.3, -0.25) is 9.59 Å². The fourth-order valence-electron chi connectivity index (χ4n) is 6.19. The van der Waals surface area contributed by atoms with Crippen LogP contribution in [0.5, 0.6) is 5.88 Å². The number of hydrogen-bond acceptors (Lipinski definition) is 5. The molecule has 218 valence electrons. The zero-order valence-corrected chi connectivity index (χ0v) is 25.3. The Morgan fingerprint density at radius 2 is 1.90 bits per heavy atom. The van der Waals surface area contributed by atoms with E-state index in [-0.39, 0.29) is 54.2 Å². The van der Waals surface area contributed by atoms with Gasteiger partial charge in [0.1, 0.15) is 0 Å². The summed E-state index contributed by atoms with van der Waals surface area (Å²) < 4.78 is 60.7. The number of carbonyl (C=O) groups is 2. The van der Waals surface area contributed by atoms with Crippen LogP contribution in [0.25, 0.3) is 11.3 Å². The number of halogens is 5. The minimum atomic E-state index is -4.18. The molecule has 0 radical (unpaired) electrons. The van der Waals surface area contributed by atoms with Crippen LogP contribution in [0.4, 0.5) is 17.6 Å². The highest BCUT2D eigenvalue weighted by molar-refractivity contribution is 14.2. The van der Waals surface area contributed by atoms with Gasteiger partial charge in [0.05, 0.1) is 31.3 Å². The Morgan fingerprint density at radius 1 is 1.20 bits per heavy atom. The Labute approximate surface area is 244 Å². The van der Waals surface area contributed by atoms with Gasteiger partial charge >= 0.3 is 6.18 Å². The summed E-state index contributed by atoms with van der Waals surface area (Å²) >= 11 is 2.13. The molecule has 5 rings (SSSR count). The number of ether oxygens (including phenoxy) is 1. The van der Waals surface area contributed by atoms with E-state index in [0.29, 0.717) is 49.4 Å². The van der Waals surface area contributed by atoms with Gasteiger partial charge in [-0.25, -0.2) is 13.8 Å². The standard InChI is InChI=1S/C26H31F4IN5O3P/c1-14-21(18(27)13-32-23(14)39-2)20-11-19(34-36(20)40-31)24(38)35-10-7-15(12-25(35)8-9-25)22(37)33-17-5-3-16(4-6-17)26(28,29)30/h11,13,15-17,40H,3-10,12H2,1-2H3,(H,33,37). The molecule has 2 aliphatic carbocycles. The lowest BCUT2D eigenvalue weighted by Gasteiger charge is -2.40. The summed E-state index contributed by atoms with van der Waals surface area (Å²) in [6.07, 6.45) is 0.273. The maximum absolute atomic E-state index is 14.9. The third kappa shape index (κ3) is 5.69. The molecule has 40 heavy (non-hydrogen) atoms. The maximum Gasteiger partial charge on any atom is 0.391 e. The number of nitrogens with one attached hydrogen (secondary N) is 1. The van der Waals surface area contributed by atoms with Crippen LogP contribution in [0.15, 0.2) is 12.3 Å². The lowest BCUT2D eigenvalue weighted by atomic mass is 9.84. The van der Waals surface area contributed by atoms with Gasteiger partial charge in [-0.05, 0) is 86.4 Å². The van der Waals surface area contributed by atoms with Crippen molar-refractivity contribution in [1.82, 2.24) is 24.8 Å². The second kappa shape index (κ2) is 11.3. The summed E-state index contributed by atoms with van der Waals surface area (Å²) in [5.74, 6) is -2.22. The van der Waals surface area contributed by atoms with Crippen molar-refractivity contribution < 1.29 is 31.9 Å². The Kier molecular flexibility index (Phi) is 8.35. The van der Waals surface area contributed by atoms with Gasteiger partial charge in [-0.1, -0.05) is 0 Å². The van der Waals surface area contributed by atoms with E-state index in [1.165, 1.54) is 7.11 Å². The molecule has 2 aromatic heterocycles. The van der Waals surface area contributed by atoms with Crippen molar-refractivity contribution in [2.75, 3.05) is 13.7 Å². The van der Waals surface area contributed by atoms with Crippen molar-refractivity contribution in [3.8, 4) is 17.1 Å². The van der Waals surface area contributed by atoms with E-state index in [2.05, 4.69) is 37.4 Å². The summed E-state index contributed by atoms with van der Waals surface area (Å²) in [5.41, 5.74) is 1.04. The van der Waals surface area contributed by atoms with E-state index in [1.807, 2.05) is 0 Å². The van der Waals surface area contributed by atoms with Gasteiger partial charge in [-0.15, -0.1) is 0 Å². The Balaban J connectivity index is 1.27. The third-order valence-electron chi connectivity index (χ3n) is 8.57. The van der Waals surface area contributed by atoms with Crippen molar-refractivity contribution in [3.63, 3.8) is 0 Å². The van der Waals surface area contributed by atoms with Gasteiger partial charge in [0.25, 0.3) is 5.91 Å². The van der Waals surface area contributed by atoms with E-state index in [9.17, 15) is 27.2 Å². The van der Waals surface area contributed by atoms with Crippen LogP contribution in [-0.4, -0.2) is 62.7 Å². The molecule has 1 N–H and O–H groups in total. The molecule has 2 unspecified atom stereocenters. The summed E-state index contributed by atoms with van der Waals surface area (Å²) in [4.78, 5) is 32.5. The zero-order valence-electron chi connectivity index (χ0n) is 22.2. The first kappa shape index (κ1) is 29.5. The molecule has 1 saturated heterocycles. The number of piperidine rings is 1. The topological polar surface area (TPSA) is 89.3 Å². The van der Waals surface area contributed by atoms with E-state index in [1.54, 1.807) is 22.3 Å². The number of carbonyl (C=O) groups excluding carboxylic acids is 2. The van der Waals surface area contributed by atoms with Crippen LogP contribution in [0.2, 0.25) is 0 Å². The fraction of sp³-hybridized carbons (Fsp3) is 0.615. The molecule has 2 aromatic rings. The first-order valence-corrected chi connectivity index (χ1v) is 17.4. The average Bonchev–Trinajstić information content (AvgIpc) is 3.54. The minimum absolute atomic E-state index is 0.0352. The lowest BCUT2D eigenvalue weighted by molar-refractivity contribution is -0.182. The van der Waals surface area contributed by atoms with E-state index < -0.39 is 23.5 Å². The van der Waals surface area contributed by atoms with Crippen molar-refractivity contribution in [1.29, 1.82) is 0 Å². The lowest BCUT2D eigenvalue weighted by Crippen LogP contribution is -2.52. The fourth-order valence-corrected chi connectivity index (χ4v) is 7.70. The van der Waals surface area contributed by atoms with Crippen molar-refractivity contribution in [2.24, 2.45) is 11.8 Å². The van der Waals surface area contributed by atoms with Gasteiger partial charge in [0, 0.05) is 35.2 Å². The second-order valence-corrected chi connectivity index (χ2v) is 13.0. The minimum Gasteiger partial charge on any atom is -0.481 e. The van der Waals surface area contributed by atoms with Crippen LogP contribution >= 0.6 is 28.4 Å². The summed E-state index contributed by atoms with van der Waals surface area (Å²) in [5, 5.41) is 7.49. The molecule has 3 aliphatic rings. The molecular formula is C26H31F4IN5O3P. The highest BCUT2D eigenvalue weighted by Crippen LogP contribution is 2.51. The van der Waals surface area contributed by atoms with E-state index in [0.717, 1.165) is 19.0 Å². The zero-order chi connectivity index (χ0) is 28.8. The molecule has 2 saturated carbocycles. The van der Waals surface area contributed by atoms with Gasteiger partial charge in [0.2, 0.25) is 11.8 Å². The van der Waals surface area contributed by atoms with Crippen LogP contribution in [0.1, 0.15) is 67.4 Å². The highest BCUT2D eigenvalue weighted by atomic mass is 127. The number of nitrogens with zero attached hydrogens (tertiary/aromatic N) is 4. The number of alkyl halides is 3. The molecule has 3 fully saturated rings. The molecule has 1 aliphatic heterocycles. The highest BCUT2D eigenvalue weighted by Gasteiger charge is 2.55. The predicted octanol–water partition coefficient (Wildman–Crippen LogP) is 5.81. The van der Waals surface area contributed by atoms with Gasteiger partial charge < -0.3 is 15.0 Å². The summed E-state index contributed by atoms with van der Waals surface area (Å²) in [6, 6.07) is 1.36. The first-order valence-electron chi connectivity index (χ1n) is 13.3. The van der Waals surface area contributed by atoms with Crippen LogP contribution in [-0.2, 0) is 4.79 Å². The third-order valence-corrected chi connectivity index (χ3v) is 10.4. The molecule has 8 nitrogen and oxygen atoms in total. The largest absolute Gasteiger partial charge is 0.481 e. The van der Waals surface area contributed by atoms with E-state index in [4.69, 9.17) is 4.74 Å². The Hall–Kier alpha value is -2.02. The van der Waals surface area contributed by atoms with Gasteiger partial charge in [0.15, 0.2) is 11.5 Å². The van der Waals surface area contributed by atoms with Gasteiger partial charge in [-0.2, -0.15) is 18.3 Å². The predicted molar refractivity (Wildman–Crippen MR) is 150 cm³/mol. The number of methoxy groups -OCH3 is 1. The SMILES string of the molecule is COc1ncc(F)c(-c2cc(C(=O)N3CCC(C(=O)NC4CCC(C(F)(F)F)CC4)CC34CC4)nn2PI)c1C. The number of rotatable bonds is 6. The molecular weight excluding hydrogens is 664 g/mol. The maximum atomic E-state index is 14.9. The monoisotopic (exact) mass is 695 g/mol. The molecule has 2 atom stereocenters. The number of likely N-dealkylation sites (tertiary alicyclic amines) is 1. The smallest absolute Gasteiger partial charge is 0.391 e.